The molecule has 4 rings (SSSR count). The van der Waals surface area contributed by atoms with Crippen molar-refractivity contribution in [1.29, 1.82) is 0 Å². The van der Waals surface area contributed by atoms with Gasteiger partial charge in [0.25, 0.3) is 5.91 Å². The summed E-state index contributed by atoms with van der Waals surface area (Å²) in [7, 11) is -3.77. The molecule has 4 aromatic rings. The van der Waals surface area contributed by atoms with Gasteiger partial charge in [-0.25, -0.2) is 22.8 Å². The summed E-state index contributed by atoms with van der Waals surface area (Å²) in [5.74, 6) is -0.366. The number of halogens is 1. The third-order valence-corrected chi connectivity index (χ3v) is 6.02. The van der Waals surface area contributed by atoms with Gasteiger partial charge in [-0.1, -0.05) is 29.8 Å². The monoisotopic (exact) mass is 494 g/mol. The molecule has 0 aliphatic carbocycles. The average Bonchev–Trinajstić information content (AvgIpc) is 3.34. The van der Waals surface area contributed by atoms with Crippen LogP contribution in [-0.4, -0.2) is 30.5 Å². The standard InChI is InChI=1S/C25H23FN4O4S/c1-17-5-11-20(12-6-17)28-24(31)23-22(14-27-25(29-23)35(2,32)33)30(16-21-4-3-13-34-21)15-18-7-9-19(26)10-8-18/h3-14H,15-16H2,1-2H3,(H,28,31). The number of furan rings is 1. The molecule has 0 aliphatic rings. The Hall–Kier alpha value is -4.05. The molecule has 0 radical (unpaired) electrons. The molecule has 0 spiro atoms. The average molecular weight is 495 g/mol. The van der Waals surface area contributed by atoms with Crippen molar-refractivity contribution in [3.05, 3.63) is 102 Å². The molecule has 2 aromatic heterocycles. The molecule has 8 nitrogen and oxygen atoms in total. The lowest BCUT2D eigenvalue weighted by atomic mass is 10.1. The number of benzene rings is 2. The second-order valence-corrected chi connectivity index (χ2v) is 9.95. The first-order valence-electron chi connectivity index (χ1n) is 10.7. The van der Waals surface area contributed by atoms with Crippen LogP contribution in [0, 0.1) is 12.7 Å². The van der Waals surface area contributed by atoms with Crippen LogP contribution in [0.25, 0.3) is 0 Å². The van der Waals surface area contributed by atoms with E-state index in [1.54, 1.807) is 41.3 Å². The van der Waals surface area contributed by atoms with Crippen LogP contribution < -0.4 is 10.2 Å². The summed E-state index contributed by atoms with van der Waals surface area (Å²) in [5.41, 5.74) is 2.49. The van der Waals surface area contributed by atoms with Crippen molar-refractivity contribution in [1.82, 2.24) is 9.97 Å². The molecule has 0 fully saturated rings. The minimum atomic E-state index is -3.77. The number of sulfone groups is 1. The van der Waals surface area contributed by atoms with Crippen molar-refractivity contribution in [2.75, 3.05) is 16.5 Å². The zero-order valence-corrected chi connectivity index (χ0v) is 19.9. The number of anilines is 2. The van der Waals surface area contributed by atoms with Crippen LogP contribution >= 0.6 is 0 Å². The number of rotatable bonds is 8. The highest BCUT2D eigenvalue weighted by molar-refractivity contribution is 7.90. The Labute approximate surface area is 202 Å². The first-order chi connectivity index (χ1) is 16.7. The lowest BCUT2D eigenvalue weighted by molar-refractivity contribution is 0.102. The maximum atomic E-state index is 13.5. The highest BCUT2D eigenvalue weighted by Gasteiger charge is 2.24. The van der Waals surface area contributed by atoms with Crippen LogP contribution in [0.3, 0.4) is 0 Å². The van der Waals surface area contributed by atoms with E-state index in [0.717, 1.165) is 17.4 Å². The predicted molar refractivity (Wildman–Crippen MR) is 129 cm³/mol. The van der Waals surface area contributed by atoms with Gasteiger partial charge in [0.1, 0.15) is 11.6 Å². The van der Waals surface area contributed by atoms with Gasteiger partial charge in [-0.2, -0.15) is 0 Å². The Kier molecular flexibility index (Phi) is 6.92. The van der Waals surface area contributed by atoms with Crippen LogP contribution in [0.1, 0.15) is 27.4 Å². The minimum Gasteiger partial charge on any atom is -0.467 e. The van der Waals surface area contributed by atoms with E-state index < -0.39 is 20.9 Å². The molecule has 0 aliphatic heterocycles. The van der Waals surface area contributed by atoms with Gasteiger partial charge in [0, 0.05) is 18.5 Å². The van der Waals surface area contributed by atoms with Crippen LogP contribution in [-0.2, 0) is 22.9 Å². The fraction of sp³-hybridized carbons (Fsp3) is 0.160. The van der Waals surface area contributed by atoms with Gasteiger partial charge in [0.15, 0.2) is 5.69 Å². The molecule has 0 saturated carbocycles. The molecule has 1 N–H and O–H groups in total. The van der Waals surface area contributed by atoms with Gasteiger partial charge in [-0.05, 0) is 48.9 Å². The van der Waals surface area contributed by atoms with Crippen molar-refractivity contribution in [2.45, 2.75) is 25.2 Å². The minimum absolute atomic E-state index is 0.116. The van der Waals surface area contributed by atoms with Crippen LogP contribution in [0.4, 0.5) is 15.8 Å². The topological polar surface area (TPSA) is 105 Å². The third-order valence-electron chi connectivity index (χ3n) is 5.16. The Morgan fingerprint density at radius 3 is 2.40 bits per heavy atom. The van der Waals surface area contributed by atoms with E-state index in [2.05, 4.69) is 15.3 Å². The fourth-order valence-electron chi connectivity index (χ4n) is 3.39. The quantitative estimate of drug-likeness (QED) is 0.362. The molecule has 10 heteroatoms. The normalized spacial score (nSPS) is 11.3. The summed E-state index contributed by atoms with van der Waals surface area (Å²) in [6.45, 7) is 2.42. The predicted octanol–water partition coefficient (Wildman–Crippen LogP) is 4.38. The number of hydrogen-bond acceptors (Lipinski definition) is 7. The zero-order valence-electron chi connectivity index (χ0n) is 19.1. The number of nitrogens with one attached hydrogen (secondary N) is 1. The Bertz CT molecular complexity index is 1420. The maximum Gasteiger partial charge on any atom is 0.276 e. The van der Waals surface area contributed by atoms with E-state index in [-0.39, 0.29) is 24.6 Å². The Morgan fingerprint density at radius 2 is 1.77 bits per heavy atom. The molecule has 180 valence electrons. The summed E-state index contributed by atoms with van der Waals surface area (Å²) in [4.78, 5) is 23.2. The van der Waals surface area contributed by atoms with Gasteiger partial charge >= 0.3 is 0 Å². The fourth-order valence-corrected chi connectivity index (χ4v) is 3.89. The van der Waals surface area contributed by atoms with E-state index >= 15 is 0 Å². The Morgan fingerprint density at radius 1 is 1.06 bits per heavy atom. The molecule has 0 unspecified atom stereocenters. The number of amides is 1. The van der Waals surface area contributed by atoms with Crippen molar-refractivity contribution in [3.8, 4) is 0 Å². The molecule has 0 bridgehead atoms. The van der Waals surface area contributed by atoms with E-state index in [9.17, 15) is 17.6 Å². The smallest absolute Gasteiger partial charge is 0.276 e. The van der Waals surface area contributed by atoms with E-state index in [0.29, 0.717) is 17.1 Å². The second-order valence-electron chi connectivity index (χ2n) is 8.04. The van der Waals surface area contributed by atoms with E-state index in [1.807, 2.05) is 19.1 Å². The molecular formula is C25H23FN4O4S. The first-order valence-corrected chi connectivity index (χ1v) is 12.5. The van der Waals surface area contributed by atoms with Crippen LogP contribution in [0.2, 0.25) is 0 Å². The lowest BCUT2D eigenvalue weighted by Gasteiger charge is -2.25. The van der Waals surface area contributed by atoms with Gasteiger partial charge < -0.3 is 14.6 Å². The molecule has 2 heterocycles. The summed E-state index contributed by atoms with van der Waals surface area (Å²) < 4.78 is 43.2. The maximum absolute atomic E-state index is 13.5. The van der Waals surface area contributed by atoms with E-state index in [1.165, 1.54) is 24.6 Å². The van der Waals surface area contributed by atoms with Crippen LogP contribution in [0.15, 0.2) is 82.7 Å². The number of hydrogen-bond donors (Lipinski definition) is 1. The van der Waals surface area contributed by atoms with Crippen molar-refractivity contribution in [3.63, 3.8) is 0 Å². The zero-order chi connectivity index (χ0) is 25.0. The summed E-state index contributed by atoms with van der Waals surface area (Å²) in [6.07, 6.45) is 3.81. The van der Waals surface area contributed by atoms with Gasteiger partial charge in [0.05, 0.1) is 24.7 Å². The van der Waals surface area contributed by atoms with Gasteiger partial charge in [-0.3, -0.25) is 4.79 Å². The van der Waals surface area contributed by atoms with E-state index in [4.69, 9.17) is 4.42 Å². The number of nitrogens with zero attached hydrogens (tertiary/aromatic N) is 3. The first kappa shape index (κ1) is 24.1. The SMILES string of the molecule is Cc1ccc(NC(=O)c2nc(S(C)(=O)=O)ncc2N(Cc2ccc(F)cc2)Cc2ccco2)cc1. The summed E-state index contributed by atoms with van der Waals surface area (Å²) >= 11 is 0. The summed E-state index contributed by atoms with van der Waals surface area (Å²) in [5, 5.41) is 2.30. The number of carbonyl (C=O) groups is 1. The molecule has 2 aromatic carbocycles. The van der Waals surface area contributed by atoms with Gasteiger partial charge in [0.2, 0.25) is 15.0 Å². The highest BCUT2D eigenvalue weighted by atomic mass is 32.2. The second kappa shape index (κ2) is 10.1. The third kappa shape index (κ3) is 6.10. The largest absolute Gasteiger partial charge is 0.467 e. The van der Waals surface area contributed by atoms with Crippen molar-refractivity contribution >= 4 is 27.1 Å². The van der Waals surface area contributed by atoms with Crippen molar-refractivity contribution in [2.24, 2.45) is 0 Å². The van der Waals surface area contributed by atoms with Gasteiger partial charge in [-0.15, -0.1) is 0 Å². The molecule has 0 saturated heterocycles. The molecule has 35 heavy (non-hydrogen) atoms. The summed E-state index contributed by atoms with van der Waals surface area (Å²) in [6, 6.07) is 16.6. The molecule has 0 atom stereocenters. The molecular weight excluding hydrogens is 471 g/mol. The Balaban J connectivity index is 1.77. The molecule has 1 amide bonds. The van der Waals surface area contributed by atoms with Crippen molar-refractivity contribution < 1.29 is 22.0 Å². The number of carbonyl (C=O) groups excluding carboxylic acids is 1. The number of aryl methyl sites for hydroxylation is 1. The lowest BCUT2D eigenvalue weighted by Crippen LogP contribution is -2.27. The van der Waals surface area contributed by atoms with Crippen LogP contribution in [0.5, 0.6) is 0 Å². The highest BCUT2D eigenvalue weighted by Crippen LogP contribution is 2.25. The number of aromatic nitrogens is 2.